The van der Waals surface area contributed by atoms with E-state index in [1.165, 1.54) is 0 Å². The van der Waals surface area contributed by atoms with Crippen molar-refractivity contribution in [2.45, 2.75) is 44.2 Å². The van der Waals surface area contributed by atoms with Crippen molar-refractivity contribution < 1.29 is 48.5 Å². The number of aliphatic carboxylic acids is 3. The second-order valence-corrected chi connectivity index (χ2v) is 11.8. The molecular weight excluding hydrogens is 671 g/mol. The van der Waals surface area contributed by atoms with Crippen LogP contribution in [0.5, 0.6) is 0 Å². The molecule has 0 unspecified atom stereocenters. The Morgan fingerprint density at radius 3 is 2.10 bits per heavy atom. The number of nitrogens with zero attached hydrogens (tertiary/aromatic N) is 5. The van der Waals surface area contributed by atoms with Gasteiger partial charge in [0.05, 0.1) is 30.8 Å². The Kier molecular flexibility index (Phi) is 13.5. The molecule has 1 fully saturated rings. The smallest absolute Gasteiger partial charge is 0.326 e. The van der Waals surface area contributed by atoms with Gasteiger partial charge in [-0.15, -0.1) is 5.10 Å². The third-order valence-corrected chi connectivity index (χ3v) is 8.07. The number of anilines is 1. The molecule has 6 N–H and O–H groups in total. The maximum atomic E-state index is 13.1. The minimum Gasteiger partial charge on any atom is -0.481 e. The van der Waals surface area contributed by atoms with E-state index in [9.17, 15) is 43.4 Å². The van der Waals surface area contributed by atoms with Crippen LogP contribution in [-0.4, -0.2) is 127 Å². The van der Waals surface area contributed by atoms with E-state index in [1.807, 2.05) is 0 Å². The van der Waals surface area contributed by atoms with Gasteiger partial charge in [0.1, 0.15) is 12.1 Å². The Labute approximate surface area is 291 Å². The predicted molar refractivity (Wildman–Crippen MR) is 178 cm³/mol. The summed E-state index contributed by atoms with van der Waals surface area (Å²) in [5, 5.41) is 43.2. The number of urea groups is 1. The highest BCUT2D eigenvalue weighted by molar-refractivity contribution is 5.95. The minimum atomic E-state index is -1.43. The Balaban J connectivity index is 1.22. The number of alkyl halides is 1. The number of carboxylic acid groups (broad SMARTS) is 3. The first-order valence-electron chi connectivity index (χ1n) is 16.2. The summed E-state index contributed by atoms with van der Waals surface area (Å²) in [5.41, 5.74) is 2.92. The Hall–Kier alpha value is -5.91. The first-order chi connectivity index (χ1) is 24.4. The van der Waals surface area contributed by atoms with Crippen molar-refractivity contribution in [3.63, 3.8) is 0 Å². The van der Waals surface area contributed by atoms with Crippen LogP contribution in [0.15, 0.2) is 54.7 Å². The zero-order chi connectivity index (χ0) is 36.9. The number of rotatable bonds is 17. The summed E-state index contributed by atoms with van der Waals surface area (Å²) in [7, 11) is 0. The summed E-state index contributed by atoms with van der Waals surface area (Å²) in [6.45, 7) is 0.331. The predicted octanol–water partition coefficient (Wildman–Crippen LogP) is 1.18. The number of amides is 4. The summed E-state index contributed by atoms with van der Waals surface area (Å²) >= 11 is 0. The summed E-state index contributed by atoms with van der Waals surface area (Å²) in [6, 6.07) is 10.3. The zero-order valence-electron chi connectivity index (χ0n) is 27.5. The molecule has 4 amide bonds. The molecule has 0 bridgehead atoms. The fraction of sp³-hybridized carbons (Fsp3) is 0.394. The summed E-state index contributed by atoms with van der Waals surface area (Å²) in [4.78, 5) is 75.3. The third-order valence-electron chi connectivity index (χ3n) is 8.07. The van der Waals surface area contributed by atoms with E-state index in [4.69, 9.17) is 5.11 Å². The van der Waals surface area contributed by atoms with E-state index in [1.54, 1.807) is 69.2 Å². The number of aryl methyl sites for hydroxylation is 1. The number of carbonyl (C=O) groups excluding carboxylic acids is 3. The van der Waals surface area contributed by atoms with Gasteiger partial charge in [-0.3, -0.25) is 28.9 Å². The van der Waals surface area contributed by atoms with Gasteiger partial charge in [0.25, 0.3) is 5.91 Å². The number of hydrogen-bond donors (Lipinski definition) is 6. The maximum Gasteiger partial charge on any atom is 0.326 e. The second kappa shape index (κ2) is 18.2. The minimum absolute atomic E-state index is 0.0279. The molecule has 4 rings (SSSR count). The van der Waals surface area contributed by atoms with Gasteiger partial charge in [0.2, 0.25) is 5.91 Å². The molecular formula is C33H39FN8O9. The van der Waals surface area contributed by atoms with E-state index in [2.05, 4.69) is 26.3 Å². The maximum absolute atomic E-state index is 13.1. The molecule has 1 aromatic heterocycles. The van der Waals surface area contributed by atoms with Crippen LogP contribution in [0.1, 0.15) is 40.9 Å². The average Bonchev–Trinajstić information content (AvgIpc) is 3.60. The van der Waals surface area contributed by atoms with Crippen LogP contribution in [0, 0.1) is 0 Å². The standard InChI is InChI=1S/C33H39FN8O9/c34-13-1-2-24-20-42(39-38-24)25-9-5-22(6-10-25)30(46)40-14-16-41(17-15-40)33(51)36-23-7-3-21(4-8-23)18-27(32(49)50)35-19-28(43)37-26(31(47)48)11-12-29(44)45/h3-10,20,26-27,35H,1-2,11-19H2,(H,36,51)(H,37,43)(H,44,45)(H,47,48)(H,49,50)/t26-,27-/m0/s1. The van der Waals surface area contributed by atoms with E-state index in [0.29, 0.717) is 67.2 Å². The van der Waals surface area contributed by atoms with Crippen LogP contribution in [0.2, 0.25) is 0 Å². The monoisotopic (exact) mass is 710 g/mol. The summed E-state index contributed by atoms with van der Waals surface area (Å²) in [6.07, 6.45) is 1.77. The molecule has 51 heavy (non-hydrogen) atoms. The first-order valence-corrected chi connectivity index (χ1v) is 16.2. The van der Waals surface area contributed by atoms with Crippen LogP contribution in [0.4, 0.5) is 14.9 Å². The van der Waals surface area contributed by atoms with Crippen molar-refractivity contribution in [3.05, 3.63) is 71.5 Å². The molecule has 0 saturated carbocycles. The van der Waals surface area contributed by atoms with Gasteiger partial charge in [-0.2, -0.15) is 0 Å². The molecule has 2 heterocycles. The third kappa shape index (κ3) is 11.3. The quantitative estimate of drug-likeness (QED) is 0.116. The van der Waals surface area contributed by atoms with Crippen LogP contribution in [0.25, 0.3) is 5.69 Å². The van der Waals surface area contributed by atoms with Gasteiger partial charge in [0, 0.05) is 43.9 Å². The van der Waals surface area contributed by atoms with Crippen LogP contribution < -0.4 is 16.0 Å². The molecule has 0 aliphatic carbocycles. The van der Waals surface area contributed by atoms with E-state index in [0.717, 1.165) is 0 Å². The fourth-order valence-electron chi connectivity index (χ4n) is 5.23. The normalized spacial score (nSPS) is 14.0. The van der Waals surface area contributed by atoms with Crippen molar-refractivity contribution in [1.82, 2.24) is 35.4 Å². The molecule has 0 radical (unpaired) electrons. The second-order valence-electron chi connectivity index (χ2n) is 11.8. The highest BCUT2D eigenvalue weighted by Gasteiger charge is 2.26. The van der Waals surface area contributed by atoms with Crippen molar-refractivity contribution in [3.8, 4) is 5.69 Å². The SMILES string of the molecule is O=C(O)CC[C@H](NC(=O)CN[C@@H](Cc1ccc(NC(=O)N2CCN(C(=O)c3ccc(-n4cc(CCCF)nn4)cc3)CC2)cc1)C(=O)O)C(=O)O. The molecule has 0 spiro atoms. The van der Waals surface area contributed by atoms with E-state index >= 15 is 0 Å². The molecule has 1 aliphatic rings. The number of carboxylic acids is 3. The lowest BCUT2D eigenvalue weighted by atomic mass is 10.1. The van der Waals surface area contributed by atoms with Crippen LogP contribution in [0.3, 0.4) is 0 Å². The molecule has 17 nitrogen and oxygen atoms in total. The Morgan fingerprint density at radius 1 is 0.843 bits per heavy atom. The first kappa shape index (κ1) is 37.9. The number of benzene rings is 2. The highest BCUT2D eigenvalue weighted by Crippen LogP contribution is 2.16. The fourth-order valence-corrected chi connectivity index (χ4v) is 5.23. The van der Waals surface area contributed by atoms with Gasteiger partial charge in [-0.05, 0) is 67.6 Å². The molecule has 2 aromatic carbocycles. The van der Waals surface area contributed by atoms with Gasteiger partial charge in [-0.25, -0.2) is 14.3 Å². The lowest BCUT2D eigenvalue weighted by Gasteiger charge is -2.34. The summed E-state index contributed by atoms with van der Waals surface area (Å²) < 4.78 is 14.0. The number of carbonyl (C=O) groups is 6. The van der Waals surface area contributed by atoms with Gasteiger partial charge >= 0.3 is 23.9 Å². The van der Waals surface area contributed by atoms with Crippen molar-refractivity contribution in [2.75, 3.05) is 44.7 Å². The largest absolute Gasteiger partial charge is 0.481 e. The van der Waals surface area contributed by atoms with E-state index in [-0.39, 0.29) is 24.8 Å². The number of nitrogens with one attached hydrogen (secondary N) is 3. The van der Waals surface area contributed by atoms with E-state index < -0.39 is 55.5 Å². The van der Waals surface area contributed by atoms with Crippen LogP contribution >= 0.6 is 0 Å². The van der Waals surface area contributed by atoms with Crippen molar-refractivity contribution in [1.29, 1.82) is 0 Å². The lowest BCUT2D eigenvalue weighted by molar-refractivity contribution is -0.143. The molecule has 18 heteroatoms. The number of halogens is 1. The highest BCUT2D eigenvalue weighted by atomic mass is 19.1. The van der Waals surface area contributed by atoms with Gasteiger partial charge in [-0.1, -0.05) is 17.3 Å². The molecule has 2 atom stereocenters. The number of hydrogen-bond acceptors (Lipinski definition) is 9. The lowest BCUT2D eigenvalue weighted by Crippen LogP contribution is -2.51. The molecule has 272 valence electrons. The molecule has 1 aliphatic heterocycles. The molecule has 1 saturated heterocycles. The Bertz CT molecular complexity index is 1690. The number of piperazine rings is 1. The topological polar surface area (TPSA) is 236 Å². The zero-order valence-corrected chi connectivity index (χ0v) is 27.5. The van der Waals surface area contributed by atoms with Gasteiger partial charge in [0.15, 0.2) is 0 Å². The average molecular weight is 711 g/mol. The van der Waals surface area contributed by atoms with Crippen molar-refractivity contribution >= 4 is 41.4 Å². The van der Waals surface area contributed by atoms with Crippen LogP contribution in [-0.2, 0) is 32.0 Å². The molecule has 3 aromatic rings. The van der Waals surface area contributed by atoms with Gasteiger partial charge < -0.3 is 35.8 Å². The Morgan fingerprint density at radius 2 is 1.49 bits per heavy atom. The van der Waals surface area contributed by atoms with Crippen molar-refractivity contribution in [2.24, 2.45) is 0 Å². The number of aromatic nitrogens is 3. The summed E-state index contributed by atoms with van der Waals surface area (Å²) in [5.74, 6) is -4.85.